The van der Waals surface area contributed by atoms with E-state index in [1.165, 1.54) is 12.5 Å². The van der Waals surface area contributed by atoms with Crippen LogP contribution < -0.4 is 0 Å². The third-order valence-corrected chi connectivity index (χ3v) is 6.66. The molecule has 1 rings (SSSR count). The number of hydrogen-bond acceptors (Lipinski definition) is 12. The predicted octanol–water partition coefficient (Wildman–Crippen LogP) is 4.04. The van der Waals surface area contributed by atoms with Gasteiger partial charge in [-0.15, -0.1) is 0 Å². The Morgan fingerprint density at radius 2 is 1.05 bits per heavy atom. The summed E-state index contributed by atoms with van der Waals surface area (Å²) in [6, 6.07) is 0. The molecule has 0 spiro atoms. The molecule has 2 N–H and O–H groups in total. The summed E-state index contributed by atoms with van der Waals surface area (Å²) >= 11 is 11.9. The smallest absolute Gasteiger partial charge is 0.306 e. The van der Waals surface area contributed by atoms with Crippen LogP contribution in [0.15, 0.2) is 25.7 Å². The Labute approximate surface area is 250 Å². The number of rotatable bonds is 17. The van der Waals surface area contributed by atoms with Gasteiger partial charge in [0, 0.05) is 30.5 Å². The first-order valence-electron chi connectivity index (χ1n) is 13.1. The van der Waals surface area contributed by atoms with Crippen LogP contribution in [0.2, 0.25) is 0 Å². The molecular weight excluding hydrogens is 564 g/mol. The third-order valence-electron chi connectivity index (χ3n) is 5.99. The number of thiol groups is 3. The lowest BCUT2D eigenvalue weighted by Crippen LogP contribution is -2.39. The Hall–Kier alpha value is -1.34. The fourth-order valence-electron chi connectivity index (χ4n) is 3.29. The minimum absolute atomic E-state index is 0.00157. The number of carbonyl (C=O) groups is 3. The first-order chi connectivity index (χ1) is 18.7. The van der Waals surface area contributed by atoms with Gasteiger partial charge in [0.1, 0.15) is 19.8 Å². The second kappa shape index (κ2) is 26.9. The maximum absolute atomic E-state index is 11.6. The average molecular weight is 613 g/mol. The second-order valence-electron chi connectivity index (χ2n) is 8.98. The summed E-state index contributed by atoms with van der Waals surface area (Å²) in [6.45, 7) is 9.02. The molecule has 1 aliphatic rings. The first kappa shape index (κ1) is 39.8. The average Bonchev–Trinajstić information content (AvgIpc) is 2.94. The molecule has 0 aliphatic heterocycles. The van der Waals surface area contributed by atoms with Crippen molar-refractivity contribution in [1.29, 1.82) is 0 Å². The fourth-order valence-corrected chi connectivity index (χ4v) is 3.83. The van der Waals surface area contributed by atoms with Crippen molar-refractivity contribution in [3.8, 4) is 0 Å². The van der Waals surface area contributed by atoms with Crippen molar-refractivity contribution >= 4 is 55.8 Å². The lowest BCUT2D eigenvalue weighted by molar-refractivity contribution is -0.161. The molecule has 0 amide bonds. The van der Waals surface area contributed by atoms with Gasteiger partial charge in [-0.2, -0.15) is 37.9 Å². The third kappa shape index (κ3) is 22.1. The molecule has 0 radical (unpaired) electrons. The van der Waals surface area contributed by atoms with Crippen LogP contribution in [0.4, 0.5) is 0 Å². The summed E-state index contributed by atoms with van der Waals surface area (Å²) in [6.07, 6.45) is 8.07. The summed E-state index contributed by atoms with van der Waals surface area (Å²) in [7, 11) is 0. The van der Waals surface area contributed by atoms with Crippen LogP contribution in [-0.2, 0) is 33.3 Å². The van der Waals surface area contributed by atoms with Gasteiger partial charge in [-0.05, 0) is 43.9 Å². The zero-order valence-corrected chi connectivity index (χ0v) is 25.8. The Morgan fingerprint density at radius 1 is 0.744 bits per heavy atom. The Kier molecular flexibility index (Phi) is 27.4. The molecule has 0 saturated heterocycles. The van der Waals surface area contributed by atoms with Crippen molar-refractivity contribution in [3.05, 3.63) is 25.7 Å². The lowest BCUT2D eigenvalue weighted by atomic mass is 9.83. The predicted molar refractivity (Wildman–Crippen MR) is 162 cm³/mol. The van der Waals surface area contributed by atoms with E-state index >= 15 is 0 Å². The molecule has 1 saturated carbocycles. The maximum atomic E-state index is 11.6. The van der Waals surface area contributed by atoms with E-state index in [-0.39, 0.29) is 39.1 Å². The quantitative estimate of drug-likeness (QED) is 0.0716. The molecule has 0 atom stereocenters. The van der Waals surface area contributed by atoms with Crippen LogP contribution in [0.1, 0.15) is 58.3 Å². The molecule has 9 nitrogen and oxygen atoms in total. The molecule has 0 aromatic carbocycles. The molecule has 1 fully saturated rings. The van der Waals surface area contributed by atoms with Gasteiger partial charge in [0.05, 0.1) is 37.2 Å². The number of aliphatic hydroxyl groups excluding tert-OH is 2. The summed E-state index contributed by atoms with van der Waals surface area (Å²) in [5.74, 6) is 0.984. The van der Waals surface area contributed by atoms with Gasteiger partial charge in [0.25, 0.3) is 0 Å². The molecule has 0 heterocycles. The first-order valence-corrected chi connectivity index (χ1v) is 15.0. The van der Waals surface area contributed by atoms with E-state index in [2.05, 4.69) is 55.8 Å². The normalized spacial score (nSPS) is 16.3. The van der Waals surface area contributed by atoms with Gasteiger partial charge in [0.2, 0.25) is 0 Å². The van der Waals surface area contributed by atoms with Gasteiger partial charge in [-0.1, -0.05) is 20.1 Å². The molecule has 12 heteroatoms. The van der Waals surface area contributed by atoms with Gasteiger partial charge >= 0.3 is 17.9 Å². The van der Waals surface area contributed by atoms with Crippen LogP contribution in [0.5, 0.6) is 0 Å². The second-order valence-corrected chi connectivity index (χ2v) is 10.3. The Morgan fingerprint density at radius 3 is 1.23 bits per heavy atom. The van der Waals surface area contributed by atoms with Crippen LogP contribution in [0.3, 0.4) is 0 Å². The summed E-state index contributed by atoms with van der Waals surface area (Å²) in [5, 5.41) is 17.6. The molecule has 0 aromatic rings. The monoisotopic (exact) mass is 612 g/mol. The molecule has 228 valence electrons. The van der Waals surface area contributed by atoms with E-state index in [9.17, 15) is 14.4 Å². The van der Waals surface area contributed by atoms with Crippen LogP contribution >= 0.6 is 37.9 Å². The minimum Gasteiger partial charge on any atom is -0.474 e. The topological polar surface area (TPSA) is 129 Å². The van der Waals surface area contributed by atoms with E-state index in [1.807, 2.05) is 6.92 Å². The standard InChI is InChI=1S/C15H26O6S3.C8H16O2.C4H6O/c1-2-15(9-19-12(16)3-6-22,10-20-13(17)4-7-23)11-21-14(18)5-8-24;9-5-7-1-2-8(6-10)4-3-7;1-3-5-4-2/h22-24H,2-11H2,1H3;7-10H,1-6H2;3-4H,1-2H2. The number of carbonyl (C=O) groups excluding carboxylic acids is 3. The van der Waals surface area contributed by atoms with E-state index in [4.69, 9.17) is 24.4 Å². The molecule has 39 heavy (non-hydrogen) atoms. The number of ether oxygens (including phenoxy) is 4. The highest BCUT2D eigenvalue weighted by atomic mass is 32.1. The van der Waals surface area contributed by atoms with Crippen molar-refractivity contribution in [2.45, 2.75) is 58.3 Å². The van der Waals surface area contributed by atoms with Gasteiger partial charge in [-0.3, -0.25) is 14.4 Å². The van der Waals surface area contributed by atoms with Crippen molar-refractivity contribution < 1.29 is 43.5 Å². The lowest BCUT2D eigenvalue weighted by Gasteiger charge is -2.31. The van der Waals surface area contributed by atoms with E-state index in [0.29, 0.717) is 48.7 Å². The zero-order valence-electron chi connectivity index (χ0n) is 23.1. The highest BCUT2D eigenvalue weighted by molar-refractivity contribution is 7.80. The zero-order chi connectivity index (χ0) is 29.9. The highest BCUT2D eigenvalue weighted by Gasteiger charge is 2.34. The van der Waals surface area contributed by atoms with E-state index < -0.39 is 23.3 Å². The number of hydrogen-bond donors (Lipinski definition) is 5. The summed E-state index contributed by atoms with van der Waals surface area (Å²) in [4.78, 5) is 34.7. The van der Waals surface area contributed by atoms with Crippen LogP contribution in [0.25, 0.3) is 0 Å². The minimum atomic E-state index is -0.773. The van der Waals surface area contributed by atoms with Crippen molar-refractivity contribution in [3.63, 3.8) is 0 Å². The highest BCUT2D eigenvalue weighted by Crippen LogP contribution is 2.27. The largest absolute Gasteiger partial charge is 0.474 e. The molecule has 0 aromatic heterocycles. The molecular formula is C27H48O9S3. The SMILES string of the molecule is C=COC=C.CCC(COC(=O)CCS)(COC(=O)CCS)COC(=O)CCS.OCC1CCC(CO)CC1. The molecule has 0 bridgehead atoms. The summed E-state index contributed by atoms with van der Waals surface area (Å²) in [5.41, 5.74) is -0.773. The van der Waals surface area contributed by atoms with E-state index in [0.717, 1.165) is 25.7 Å². The molecule has 0 unspecified atom stereocenters. The Bertz CT molecular complexity index is 596. The Balaban J connectivity index is 0. The van der Waals surface area contributed by atoms with Gasteiger partial charge < -0.3 is 29.2 Å². The van der Waals surface area contributed by atoms with E-state index in [1.54, 1.807) is 0 Å². The number of esters is 3. The van der Waals surface area contributed by atoms with Gasteiger partial charge in [0.15, 0.2) is 0 Å². The maximum Gasteiger partial charge on any atom is 0.306 e. The van der Waals surface area contributed by atoms with Crippen LogP contribution in [0, 0.1) is 17.3 Å². The van der Waals surface area contributed by atoms with Gasteiger partial charge in [-0.25, -0.2) is 0 Å². The van der Waals surface area contributed by atoms with Crippen LogP contribution in [-0.4, -0.2) is 78.4 Å². The van der Waals surface area contributed by atoms with Crippen molar-refractivity contribution in [2.75, 3.05) is 50.3 Å². The van der Waals surface area contributed by atoms with Crippen molar-refractivity contribution in [2.24, 2.45) is 17.3 Å². The fraction of sp³-hybridized carbons (Fsp3) is 0.741. The van der Waals surface area contributed by atoms with Crippen molar-refractivity contribution in [1.82, 2.24) is 0 Å². The molecule has 1 aliphatic carbocycles. The summed E-state index contributed by atoms with van der Waals surface area (Å²) < 4.78 is 20.0. The number of aliphatic hydroxyl groups is 2.